The maximum Gasteiger partial charge on any atom is 0.335 e. The summed E-state index contributed by atoms with van der Waals surface area (Å²) >= 11 is 1.65. The van der Waals surface area contributed by atoms with E-state index >= 15 is 0 Å². The SMILES string of the molecule is CCc1cnc(CCNC(=O)Cc2ccccc2C(=O)O)s1. The minimum absolute atomic E-state index is 0.0700. The van der Waals surface area contributed by atoms with Gasteiger partial charge < -0.3 is 10.4 Å². The highest BCUT2D eigenvalue weighted by atomic mass is 32.1. The Morgan fingerprint density at radius 2 is 2.09 bits per heavy atom. The van der Waals surface area contributed by atoms with Crippen molar-refractivity contribution in [2.45, 2.75) is 26.2 Å². The third-order valence-corrected chi connectivity index (χ3v) is 4.41. The number of thiazole rings is 1. The molecular formula is C16H18N2O3S. The summed E-state index contributed by atoms with van der Waals surface area (Å²) in [6.45, 7) is 2.59. The number of aryl methyl sites for hydroxylation is 1. The lowest BCUT2D eigenvalue weighted by Gasteiger charge is -2.06. The smallest absolute Gasteiger partial charge is 0.335 e. The van der Waals surface area contributed by atoms with Crippen LogP contribution < -0.4 is 5.32 Å². The molecule has 0 atom stereocenters. The van der Waals surface area contributed by atoms with Crippen LogP contribution in [0.4, 0.5) is 0 Å². The van der Waals surface area contributed by atoms with E-state index in [9.17, 15) is 9.59 Å². The van der Waals surface area contributed by atoms with Crippen molar-refractivity contribution >= 4 is 23.2 Å². The fraction of sp³-hybridized carbons (Fsp3) is 0.312. The summed E-state index contributed by atoms with van der Waals surface area (Å²) < 4.78 is 0. The largest absolute Gasteiger partial charge is 0.478 e. The molecule has 6 heteroatoms. The van der Waals surface area contributed by atoms with E-state index in [2.05, 4.69) is 17.2 Å². The number of rotatable bonds is 7. The van der Waals surface area contributed by atoms with Gasteiger partial charge in [0.05, 0.1) is 17.0 Å². The molecule has 0 unspecified atom stereocenters. The first-order chi connectivity index (χ1) is 10.6. The average Bonchev–Trinajstić information content (AvgIpc) is 2.95. The molecule has 2 rings (SSSR count). The summed E-state index contributed by atoms with van der Waals surface area (Å²) in [6, 6.07) is 6.56. The molecule has 1 aromatic carbocycles. The lowest BCUT2D eigenvalue weighted by Crippen LogP contribution is -2.27. The molecule has 2 N–H and O–H groups in total. The van der Waals surface area contributed by atoms with Crippen LogP contribution in [0.1, 0.15) is 32.7 Å². The molecular weight excluding hydrogens is 300 g/mol. The molecule has 5 nitrogen and oxygen atoms in total. The Labute approximate surface area is 133 Å². The molecule has 0 radical (unpaired) electrons. The van der Waals surface area contributed by atoms with Crippen molar-refractivity contribution in [2.75, 3.05) is 6.54 Å². The summed E-state index contributed by atoms with van der Waals surface area (Å²) in [7, 11) is 0. The topological polar surface area (TPSA) is 79.3 Å². The highest BCUT2D eigenvalue weighted by Gasteiger charge is 2.12. The van der Waals surface area contributed by atoms with Crippen molar-refractivity contribution in [3.8, 4) is 0 Å². The fourth-order valence-corrected chi connectivity index (χ4v) is 2.92. The highest BCUT2D eigenvalue weighted by Crippen LogP contribution is 2.13. The van der Waals surface area contributed by atoms with Gasteiger partial charge in [-0.15, -0.1) is 11.3 Å². The average molecular weight is 318 g/mol. The molecule has 1 heterocycles. The number of carboxylic acid groups (broad SMARTS) is 1. The predicted molar refractivity (Wildman–Crippen MR) is 85.3 cm³/mol. The van der Waals surface area contributed by atoms with Crippen molar-refractivity contribution in [3.63, 3.8) is 0 Å². The minimum Gasteiger partial charge on any atom is -0.478 e. The zero-order valence-electron chi connectivity index (χ0n) is 12.3. The number of hydrogen-bond acceptors (Lipinski definition) is 4. The van der Waals surface area contributed by atoms with E-state index in [1.807, 2.05) is 6.20 Å². The predicted octanol–water partition coefficient (Wildman–Crippen LogP) is 2.31. The first-order valence-corrected chi connectivity index (χ1v) is 7.93. The summed E-state index contributed by atoms with van der Waals surface area (Å²) in [5.74, 6) is -1.20. The second-order valence-corrected chi connectivity index (χ2v) is 6.01. The van der Waals surface area contributed by atoms with E-state index in [1.54, 1.807) is 29.5 Å². The van der Waals surface area contributed by atoms with Gasteiger partial charge in [-0.2, -0.15) is 0 Å². The Bertz CT molecular complexity index is 667. The van der Waals surface area contributed by atoms with Crippen LogP contribution in [0, 0.1) is 0 Å². The normalized spacial score (nSPS) is 10.4. The van der Waals surface area contributed by atoms with Gasteiger partial charge >= 0.3 is 5.97 Å². The number of aromatic carboxylic acids is 1. The molecule has 0 aliphatic heterocycles. The molecule has 0 bridgehead atoms. The molecule has 0 fully saturated rings. The second-order valence-electron chi connectivity index (χ2n) is 4.81. The van der Waals surface area contributed by atoms with Gasteiger partial charge in [0.2, 0.25) is 5.91 Å². The Kier molecular flexibility index (Phi) is 5.66. The number of aromatic nitrogens is 1. The quantitative estimate of drug-likeness (QED) is 0.821. The van der Waals surface area contributed by atoms with E-state index < -0.39 is 5.97 Å². The number of amides is 1. The standard InChI is InChI=1S/C16H18N2O3S/c1-2-12-10-18-15(22-12)7-8-17-14(19)9-11-5-3-4-6-13(11)16(20)21/h3-6,10H,2,7-9H2,1H3,(H,17,19)(H,20,21). The van der Waals surface area contributed by atoms with E-state index in [0.29, 0.717) is 18.5 Å². The van der Waals surface area contributed by atoms with E-state index in [4.69, 9.17) is 5.11 Å². The lowest BCUT2D eigenvalue weighted by atomic mass is 10.0. The molecule has 0 aliphatic rings. The Hall–Kier alpha value is -2.21. The van der Waals surface area contributed by atoms with Crippen LogP contribution in [0.25, 0.3) is 0 Å². The number of benzene rings is 1. The number of carbonyl (C=O) groups excluding carboxylic acids is 1. The summed E-state index contributed by atoms with van der Waals surface area (Å²) in [4.78, 5) is 28.5. The van der Waals surface area contributed by atoms with Crippen LogP contribution in [-0.4, -0.2) is 28.5 Å². The molecule has 2 aromatic rings. The van der Waals surface area contributed by atoms with Crippen LogP contribution >= 0.6 is 11.3 Å². The summed E-state index contributed by atoms with van der Waals surface area (Å²) in [5.41, 5.74) is 0.695. The lowest BCUT2D eigenvalue weighted by molar-refractivity contribution is -0.120. The molecule has 0 spiro atoms. The number of nitrogens with zero attached hydrogens (tertiary/aromatic N) is 1. The van der Waals surface area contributed by atoms with Crippen molar-refractivity contribution < 1.29 is 14.7 Å². The van der Waals surface area contributed by atoms with Crippen LogP contribution in [0.5, 0.6) is 0 Å². The maximum absolute atomic E-state index is 11.9. The van der Waals surface area contributed by atoms with E-state index in [1.165, 1.54) is 10.9 Å². The second kappa shape index (κ2) is 7.70. The monoisotopic (exact) mass is 318 g/mol. The van der Waals surface area contributed by atoms with Crippen molar-refractivity contribution in [2.24, 2.45) is 0 Å². The Morgan fingerprint density at radius 1 is 1.32 bits per heavy atom. The highest BCUT2D eigenvalue weighted by molar-refractivity contribution is 7.11. The third-order valence-electron chi connectivity index (χ3n) is 3.21. The molecule has 0 saturated carbocycles. The van der Waals surface area contributed by atoms with Gasteiger partial charge in [-0.3, -0.25) is 4.79 Å². The molecule has 0 aliphatic carbocycles. The van der Waals surface area contributed by atoms with Crippen LogP contribution in [0.2, 0.25) is 0 Å². The molecule has 22 heavy (non-hydrogen) atoms. The summed E-state index contributed by atoms with van der Waals surface area (Å²) in [5, 5.41) is 12.9. The molecule has 1 amide bonds. The number of carboxylic acids is 1. The van der Waals surface area contributed by atoms with Gasteiger partial charge in [-0.25, -0.2) is 9.78 Å². The molecule has 116 valence electrons. The van der Waals surface area contributed by atoms with Crippen molar-refractivity contribution in [3.05, 3.63) is 51.5 Å². The Balaban J connectivity index is 1.84. The van der Waals surface area contributed by atoms with Gasteiger partial charge in [0.25, 0.3) is 0 Å². The van der Waals surface area contributed by atoms with Crippen LogP contribution in [-0.2, 0) is 24.1 Å². The van der Waals surface area contributed by atoms with Gasteiger partial charge in [-0.05, 0) is 18.1 Å². The van der Waals surface area contributed by atoms with Gasteiger partial charge in [-0.1, -0.05) is 25.1 Å². The number of carbonyl (C=O) groups is 2. The zero-order chi connectivity index (χ0) is 15.9. The molecule has 0 saturated heterocycles. The minimum atomic E-state index is -1.02. The number of hydrogen-bond donors (Lipinski definition) is 2. The van der Waals surface area contributed by atoms with Crippen molar-refractivity contribution in [1.29, 1.82) is 0 Å². The first-order valence-electron chi connectivity index (χ1n) is 7.11. The van der Waals surface area contributed by atoms with Gasteiger partial charge in [0, 0.05) is 24.0 Å². The van der Waals surface area contributed by atoms with E-state index in [-0.39, 0.29) is 17.9 Å². The van der Waals surface area contributed by atoms with E-state index in [0.717, 1.165) is 11.4 Å². The van der Waals surface area contributed by atoms with Crippen molar-refractivity contribution in [1.82, 2.24) is 10.3 Å². The number of nitrogens with one attached hydrogen (secondary N) is 1. The fourth-order valence-electron chi connectivity index (χ4n) is 2.05. The summed E-state index contributed by atoms with van der Waals surface area (Å²) in [6.07, 6.45) is 3.60. The van der Waals surface area contributed by atoms with Gasteiger partial charge in [0.1, 0.15) is 0 Å². The third kappa shape index (κ3) is 4.39. The zero-order valence-corrected chi connectivity index (χ0v) is 13.2. The van der Waals surface area contributed by atoms with Crippen LogP contribution in [0.3, 0.4) is 0 Å². The maximum atomic E-state index is 11.9. The Morgan fingerprint density at radius 3 is 2.77 bits per heavy atom. The van der Waals surface area contributed by atoms with Gasteiger partial charge in [0.15, 0.2) is 0 Å². The first kappa shape index (κ1) is 16.2. The van der Waals surface area contributed by atoms with Crippen LogP contribution in [0.15, 0.2) is 30.5 Å². The molecule has 1 aromatic heterocycles.